The Labute approximate surface area is 193 Å². The fourth-order valence-corrected chi connectivity index (χ4v) is 4.04. The Morgan fingerprint density at radius 1 is 1.03 bits per heavy atom. The van der Waals surface area contributed by atoms with Crippen LogP contribution in [0.4, 0.5) is 5.69 Å². The van der Waals surface area contributed by atoms with E-state index in [-0.39, 0.29) is 44.0 Å². The lowest BCUT2D eigenvalue weighted by molar-refractivity contribution is -0.132. The van der Waals surface area contributed by atoms with Crippen molar-refractivity contribution in [2.45, 2.75) is 6.92 Å². The number of methoxy groups -OCH3 is 1. The molecular formula is C26H27N3O4. The molecule has 0 N–H and O–H groups in total. The zero-order chi connectivity index (χ0) is 23.4. The van der Waals surface area contributed by atoms with E-state index >= 15 is 0 Å². The molecule has 0 spiro atoms. The van der Waals surface area contributed by atoms with E-state index in [9.17, 15) is 14.4 Å². The molecule has 0 aromatic heterocycles. The van der Waals surface area contributed by atoms with Gasteiger partial charge in [0.25, 0.3) is 5.91 Å². The molecule has 3 aromatic rings. The van der Waals surface area contributed by atoms with Crippen LogP contribution in [0.2, 0.25) is 0 Å². The standard InChI is InChI=1S/C26H27N3O4/c1-19-7-5-10-21(15-19)29-18-28(17-25(29)31)24(30)16-27(13-14-33-2)26(32)23-12-6-9-20-8-3-4-11-22(20)23/h3-12,15H,13-14,16-18H2,1-2H3. The first kappa shape index (κ1) is 22.5. The number of hydrogen-bond donors (Lipinski definition) is 0. The van der Waals surface area contributed by atoms with Gasteiger partial charge in [0.2, 0.25) is 11.8 Å². The summed E-state index contributed by atoms with van der Waals surface area (Å²) < 4.78 is 5.17. The van der Waals surface area contributed by atoms with Crippen molar-refractivity contribution in [2.24, 2.45) is 0 Å². The van der Waals surface area contributed by atoms with Crippen LogP contribution in [-0.4, -0.2) is 67.5 Å². The molecule has 7 heteroatoms. The summed E-state index contributed by atoms with van der Waals surface area (Å²) in [6.45, 7) is 2.57. The number of carbonyl (C=O) groups is 3. The van der Waals surface area contributed by atoms with Crippen molar-refractivity contribution in [3.63, 3.8) is 0 Å². The molecule has 4 rings (SSSR count). The summed E-state index contributed by atoms with van der Waals surface area (Å²) in [6, 6.07) is 20.8. The fourth-order valence-electron chi connectivity index (χ4n) is 4.04. The highest BCUT2D eigenvalue weighted by Crippen LogP contribution is 2.22. The molecule has 1 aliphatic heterocycles. The van der Waals surface area contributed by atoms with Gasteiger partial charge >= 0.3 is 0 Å². The number of amides is 3. The Bertz CT molecular complexity index is 1190. The molecule has 1 fully saturated rings. The lowest BCUT2D eigenvalue weighted by atomic mass is 10.0. The highest BCUT2D eigenvalue weighted by atomic mass is 16.5. The number of ether oxygens (including phenoxy) is 1. The van der Waals surface area contributed by atoms with E-state index < -0.39 is 0 Å². The minimum atomic E-state index is -0.275. The molecule has 1 aliphatic rings. The first-order valence-corrected chi connectivity index (χ1v) is 10.9. The van der Waals surface area contributed by atoms with Crippen LogP contribution in [0.5, 0.6) is 0 Å². The van der Waals surface area contributed by atoms with Crippen molar-refractivity contribution in [3.05, 3.63) is 77.9 Å². The molecule has 33 heavy (non-hydrogen) atoms. The second-order valence-corrected chi connectivity index (χ2v) is 8.14. The molecule has 0 radical (unpaired) electrons. The SMILES string of the molecule is COCCN(CC(=O)N1CC(=O)N(c2cccc(C)c2)C1)C(=O)c1cccc2ccccc12. The van der Waals surface area contributed by atoms with E-state index in [4.69, 9.17) is 4.74 Å². The highest BCUT2D eigenvalue weighted by molar-refractivity contribution is 6.08. The van der Waals surface area contributed by atoms with Crippen LogP contribution in [0.1, 0.15) is 15.9 Å². The summed E-state index contributed by atoms with van der Waals surface area (Å²) in [5.41, 5.74) is 2.34. The number of rotatable bonds is 7. The zero-order valence-corrected chi connectivity index (χ0v) is 18.9. The Morgan fingerprint density at radius 2 is 1.79 bits per heavy atom. The predicted octanol–water partition coefficient (Wildman–Crippen LogP) is 3.07. The molecule has 3 aromatic carbocycles. The van der Waals surface area contributed by atoms with Crippen molar-refractivity contribution in [3.8, 4) is 0 Å². The van der Waals surface area contributed by atoms with E-state index in [0.29, 0.717) is 12.2 Å². The first-order valence-electron chi connectivity index (χ1n) is 10.9. The minimum Gasteiger partial charge on any atom is -0.383 e. The lowest BCUT2D eigenvalue weighted by Crippen LogP contribution is -2.44. The monoisotopic (exact) mass is 445 g/mol. The third kappa shape index (κ3) is 4.88. The van der Waals surface area contributed by atoms with E-state index in [1.165, 1.54) is 9.80 Å². The molecule has 0 atom stereocenters. The Kier molecular flexibility index (Phi) is 6.70. The summed E-state index contributed by atoms with van der Waals surface area (Å²) in [4.78, 5) is 43.7. The van der Waals surface area contributed by atoms with Gasteiger partial charge in [-0.15, -0.1) is 0 Å². The number of hydrogen-bond acceptors (Lipinski definition) is 4. The average molecular weight is 446 g/mol. The van der Waals surface area contributed by atoms with Gasteiger partial charge in [-0.3, -0.25) is 19.3 Å². The highest BCUT2D eigenvalue weighted by Gasteiger charge is 2.33. The van der Waals surface area contributed by atoms with Crippen LogP contribution >= 0.6 is 0 Å². The van der Waals surface area contributed by atoms with Gasteiger partial charge in [-0.2, -0.15) is 0 Å². The third-order valence-electron chi connectivity index (χ3n) is 5.80. The second kappa shape index (κ2) is 9.83. The summed E-state index contributed by atoms with van der Waals surface area (Å²) in [7, 11) is 1.56. The first-order chi connectivity index (χ1) is 16.0. The number of benzene rings is 3. The number of aryl methyl sites for hydroxylation is 1. The Balaban J connectivity index is 1.52. The van der Waals surface area contributed by atoms with Crippen molar-refractivity contribution < 1.29 is 19.1 Å². The van der Waals surface area contributed by atoms with Crippen LogP contribution in [-0.2, 0) is 14.3 Å². The van der Waals surface area contributed by atoms with Gasteiger partial charge in [0.1, 0.15) is 19.8 Å². The lowest BCUT2D eigenvalue weighted by Gasteiger charge is -2.25. The van der Waals surface area contributed by atoms with Gasteiger partial charge < -0.3 is 14.5 Å². The molecule has 0 unspecified atom stereocenters. The molecule has 170 valence electrons. The van der Waals surface area contributed by atoms with Crippen LogP contribution in [0.3, 0.4) is 0 Å². The third-order valence-corrected chi connectivity index (χ3v) is 5.80. The molecule has 3 amide bonds. The van der Waals surface area contributed by atoms with Crippen LogP contribution in [0.15, 0.2) is 66.7 Å². The van der Waals surface area contributed by atoms with Crippen molar-refractivity contribution >= 4 is 34.2 Å². The van der Waals surface area contributed by atoms with Gasteiger partial charge in [0.05, 0.1) is 6.61 Å². The zero-order valence-electron chi connectivity index (χ0n) is 18.9. The summed E-state index contributed by atoms with van der Waals surface area (Å²) in [5, 5.41) is 1.79. The van der Waals surface area contributed by atoms with E-state index in [1.54, 1.807) is 18.1 Å². The number of fused-ring (bicyclic) bond motifs is 1. The maximum atomic E-state index is 13.4. The van der Waals surface area contributed by atoms with Crippen molar-refractivity contribution in [1.82, 2.24) is 9.80 Å². The van der Waals surface area contributed by atoms with Crippen molar-refractivity contribution in [2.75, 3.05) is 44.9 Å². The van der Waals surface area contributed by atoms with Gasteiger partial charge in [0, 0.05) is 24.9 Å². The molecule has 7 nitrogen and oxygen atoms in total. The Hall–Kier alpha value is -3.71. The Morgan fingerprint density at radius 3 is 2.58 bits per heavy atom. The fraction of sp³-hybridized carbons (Fsp3) is 0.269. The molecule has 1 heterocycles. The quantitative estimate of drug-likeness (QED) is 0.561. The molecule has 0 saturated carbocycles. The summed E-state index contributed by atoms with van der Waals surface area (Å²) in [5.74, 6) is -0.653. The molecule has 0 aliphatic carbocycles. The second-order valence-electron chi connectivity index (χ2n) is 8.14. The van der Waals surface area contributed by atoms with Crippen LogP contribution in [0.25, 0.3) is 10.8 Å². The predicted molar refractivity (Wildman–Crippen MR) is 127 cm³/mol. The summed E-state index contributed by atoms with van der Waals surface area (Å²) >= 11 is 0. The van der Waals surface area contributed by atoms with Gasteiger partial charge in [-0.1, -0.05) is 48.5 Å². The van der Waals surface area contributed by atoms with Crippen molar-refractivity contribution in [1.29, 1.82) is 0 Å². The molecular weight excluding hydrogens is 418 g/mol. The van der Waals surface area contributed by atoms with E-state index in [1.807, 2.05) is 67.6 Å². The van der Waals surface area contributed by atoms with E-state index in [0.717, 1.165) is 22.0 Å². The maximum Gasteiger partial charge on any atom is 0.255 e. The normalized spacial score (nSPS) is 13.6. The van der Waals surface area contributed by atoms with Gasteiger partial charge in [0.15, 0.2) is 0 Å². The average Bonchev–Trinajstić information content (AvgIpc) is 3.22. The smallest absolute Gasteiger partial charge is 0.255 e. The topological polar surface area (TPSA) is 70.2 Å². The minimum absolute atomic E-state index is 0.00660. The molecule has 0 bridgehead atoms. The van der Waals surface area contributed by atoms with Gasteiger partial charge in [-0.25, -0.2) is 0 Å². The largest absolute Gasteiger partial charge is 0.383 e. The molecule has 1 saturated heterocycles. The van der Waals surface area contributed by atoms with Crippen LogP contribution < -0.4 is 4.90 Å². The number of anilines is 1. The van der Waals surface area contributed by atoms with Gasteiger partial charge in [-0.05, 0) is 41.5 Å². The summed E-state index contributed by atoms with van der Waals surface area (Å²) in [6.07, 6.45) is 0. The number of nitrogens with zero attached hydrogens (tertiary/aromatic N) is 3. The number of carbonyl (C=O) groups excluding carboxylic acids is 3. The van der Waals surface area contributed by atoms with E-state index in [2.05, 4.69) is 0 Å². The maximum absolute atomic E-state index is 13.4. The van der Waals surface area contributed by atoms with Crippen LogP contribution in [0, 0.1) is 6.92 Å².